The number of aromatic nitrogens is 4. The highest BCUT2D eigenvalue weighted by molar-refractivity contribution is 5.81. The molecule has 1 unspecified atom stereocenters. The second-order valence-electron chi connectivity index (χ2n) is 8.72. The zero-order valence-electron chi connectivity index (χ0n) is 19.0. The molecule has 1 saturated carbocycles. The van der Waals surface area contributed by atoms with Crippen LogP contribution in [-0.4, -0.2) is 37.6 Å². The topological polar surface area (TPSA) is 56.1 Å². The van der Waals surface area contributed by atoms with Crippen LogP contribution in [0.5, 0.6) is 5.88 Å². The average molecular weight is 428 g/mol. The molecular formula is C26H29N5O. The van der Waals surface area contributed by atoms with Crippen molar-refractivity contribution in [1.29, 1.82) is 0 Å². The van der Waals surface area contributed by atoms with E-state index in [0.717, 1.165) is 52.4 Å². The van der Waals surface area contributed by atoms with E-state index in [9.17, 15) is 0 Å². The summed E-state index contributed by atoms with van der Waals surface area (Å²) >= 11 is 0. The summed E-state index contributed by atoms with van der Waals surface area (Å²) in [4.78, 5) is 16.6. The van der Waals surface area contributed by atoms with Crippen LogP contribution in [0.15, 0.2) is 66.7 Å². The molecule has 1 fully saturated rings. The molecule has 0 spiro atoms. The van der Waals surface area contributed by atoms with Gasteiger partial charge in [0, 0.05) is 36.8 Å². The van der Waals surface area contributed by atoms with E-state index in [1.807, 2.05) is 48.5 Å². The summed E-state index contributed by atoms with van der Waals surface area (Å²) in [5, 5.41) is 0. The Morgan fingerprint density at radius 1 is 1.12 bits per heavy atom. The fraction of sp³-hybridized carbons (Fsp3) is 0.346. The molecule has 6 heteroatoms. The van der Waals surface area contributed by atoms with Crippen LogP contribution in [0.4, 0.5) is 0 Å². The number of nitrogens with zero attached hydrogens (tertiary/aromatic N) is 5. The molecule has 0 N–H and O–H groups in total. The van der Waals surface area contributed by atoms with Crippen LogP contribution in [0.1, 0.15) is 57.1 Å². The monoisotopic (exact) mass is 427 g/mol. The number of ether oxygens (including phenoxy) is 1. The average Bonchev–Trinajstić information content (AvgIpc) is 3.45. The van der Waals surface area contributed by atoms with Gasteiger partial charge in [-0.1, -0.05) is 12.6 Å². The van der Waals surface area contributed by atoms with Gasteiger partial charge in [0.15, 0.2) is 5.65 Å². The van der Waals surface area contributed by atoms with Gasteiger partial charge in [-0.25, -0.2) is 4.98 Å². The van der Waals surface area contributed by atoms with Crippen molar-refractivity contribution in [2.45, 2.75) is 51.7 Å². The summed E-state index contributed by atoms with van der Waals surface area (Å²) in [6.07, 6.45) is 11.0. The van der Waals surface area contributed by atoms with Crippen molar-refractivity contribution in [3.63, 3.8) is 0 Å². The second-order valence-corrected chi connectivity index (χ2v) is 8.72. The molecule has 164 valence electrons. The molecule has 4 heterocycles. The fourth-order valence-corrected chi connectivity index (χ4v) is 4.57. The van der Waals surface area contributed by atoms with E-state index in [4.69, 9.17) is 14.7 Å². The van der Waals surface area contributed by atoms with Gasteiger partial charge in [-0.05, 0) is 69.4 Å². The first kappa shape index (κ1) is 20.5. The highest BCUT2D eigenvalue weighted by atomic mass is 16.5. The van der Waals surface area contributed by atoms with E-state index in [0.29, 0.717) is 5.88 Å². The standard InChI is InChI=1S/C26H29N5O/c1-17-15-20(16-30(4)18(17)2)25-28-23-12-13-24(32-21-9-5-6-10-21)29-26(23)31(25)19(3)22-11-7-8-14-27-22/h7-8,11-16,19,21H,2,5-6,9-10H2,1,3-4H3. The normalized spacial score (nSPS) is 18.1. The Balaban J connectivity index is 1.65. The third-order valence-electron chi connectivity index (χ3n) is 6.45. The van der Waals surface area contributed by atoms with Crippen LogP contribution < -0.4 is 4.74 Å². The number of fused-ring (bicyclic) bond motifs is 1. The predicted octanol–water partition coefficient (Wildman–Crippen LogP) is 5.50. The van der Waals surface area contributed by atoms with Crippen LogP contribution in [0.3, 0.4) is 0 Å². The molecule has 0 bridgehead atoms. The van der Waals surface area contributed by atoms with Gasteiger partial charge >= 0.3 is 0 Å². The van der Waals surface area contributed by atoms with Crippen molar-refractivity contribution in [2.75, 3.05) is 7.05 Å². The van der Waals surface area contributed by atoms with Gasteiger partial charge < -0.3 is 9.64 Å². The van der Waals surface area contributed by atoms with Crippen molar-refractivity contribution in [3.05, 3.63) is 78.2 Å². The van der Waals surface area contributed by atoms with E-state index in [-0.39, 0.29) is 12.1 Å². The highest BCUT2D eigenvalue weighted by Gasteiger charge is 2.24. The van der Waals surface area contributed by atoms with Crippen molar-refractivity contribution in [3.8, 4) is 5.88 Å². The summed E-state index contributed by atoms with van der Waals surface area (Å²) in [7, 11) is 2.01. The quantitative estimate of drug-likeness (QED) is 0.538. The van der Waals surface area contributed by atoms with E-state index in [1.54, 1.807) is 0 Å². The molecule has 32 heavy (non-hydrogen) atoms. The summed E-state index contributed by atoms with van der Waals surface area (Å²) in [5.41, 5.74) is 5.75. The van der Waals surface area contributed by atoms with Crippen molar-refractivity contribution >= 4 is 16.7 Å². The van der Waals surface area contributed by atoms with Crippen molar-refractivity contribution < 1.29 is 4.74 Å². The van der Waals surface area contributed by atoms with Gasteiger partial charge in [-0.2, -0.15) is 4.98 Å². The Labute approximate surface area is 189 Å². The first-order valence-corrected chi connectivity index (χ1v) is 11.3. The Morgan fingerprint density at radius 2 is 1.94 bits per heavy atom. The number of hydrogen-bond donors (Lipinski definition) is 0. The minimum absolute atomic E-state index is 0.0459. The lowest BCUT2D eigenvalue weighted by Crippen LogP contribution is -2.17. The molecular weight excluding hydrogens is 398 g/mol. The van der Waals surface area contributed by atoms with Gasteiger partial charge in [-0.15, -0.1) is 0 Å². The summed E-state index contributed by atoms with van der Waals surface area (Å²) in [6, 6.07) is 9.91. The first-order valence-electron chi connectivity index (χ1n) is 11.3. The number of pyridine rings is 2. The van der Waals surface area contributed by atoms with Gasteiger partial charge in [0.25, 0.3) is 0 Å². The molecule has 3 aromatic heterocycles. The lowest BCUT2D eigenvalue weighted by Gasteiger charge is -2.25. The molecule has 0 aromatic carbocycles. The van der Waals surface area contributed by atoms with Crippen molar-refractivity contribution in [2.24, 2.45) is 0 Å². The zero-order valence-corrected chi connectivity index (χ0v) is 19.0. The van der Waals surface area contributed by atoms with Crippen LogP contribution >= 0.6 is 0 Å². The lowest BCUT2D eigenvalue weighted by molar-refractivity contribution is 0.202. The van der Waals surface area contributed by atoms with Crippen LogP contribution in [0.2, 0.25) is 0 Å². The van der Waals surface area contributed by atoms with E-state index >= 15 is 0 Å². The van der Waals surface area contributed by atoms with Crippen molar-refractivity contribution in [1.82, 2.24) is 24.4 Å². The Kier molecular flexibility index (Phi) is 5.29. The molecule has 0 saturated heterocycles. The molecule has 1 aliphatic heterocycles. The number of hydrogen-bond acceptors (Lipinski definition) is 5. The SMILES string of the molecule is C=C1C(C)=CC(c2nc3ccc(OC4CCCC4)nc3n2C(C)c2ccccn2)=CN1C. The molecule has 3 aromatic rings. The van der Waals surface area contributed by atoms with Gasteiger partial charge in [0.2, 0.25) is 5.88 Å². The van der Waals surface area contributed by atoms with Crippen LogP contribution in [0.25, 0.3) is 16.7 Å². The summed E-state index contributed by atoms with van der Waals surface area (Å²) in [5.74, 6) is 1.53. The van der Waals surface area contributed by atoms with Crippen LogP contribution in [-0.2, 0) is 0 Å². The maximum absolute atomic E-state index is 6.21. The number of imidazole rings is 1. The highest BCUT2D eigenvalue weighted by Crippen LogP contribution is 2.33. The molecule has 5 rings (SSSR count). The maximum Gasteiger partial charge on any atom is 0.215 e. The van der Waals surface area contributed by atoms with E-state index in [2.05, 4.69) is 42.3 Å². The Morgan fingerprint density at radius 3 is 2.66 bits per heavy atom. The van der Waals surface area contributed by atoms with Gasteiger partial charge in [0.1, 0.15) is 17.4 Å². The molecule has 1 atom stereocenters. The largest absolute Gasteiger partial charge is 0.474 e. The predicted molar refractivity (Wildman–Crippen MR) is 127 cm³/mol. The number of allylic oxidation sites excluding steroid dienone is 3. The lowest BCUT2D eigenvalue weighted by atomic mass is 10.1. The molecule has 6 nitrogen and oxygen atoms in total. The third kappa shape index (κ3) is 3.70. The van der Waals surface area contributed by atoms with Crippen LogP contribution in [0, 0.1) is 0 Å². The maximum atomic E-state index is 6.21. The third-order valence-corrected chi connectivity index (χ3v) is 6.45. The molecule has 0 amide bonds. The van der Waals surface area contributed by atoms with E-state index in [1.165, 1.54) is 12.8 Å². The Bertz CT molecular complexity index is 1220. The van der Waals surface area contributed by atoms with Gasteiger partial charge in [0.05, 0.1) is 11.7 Å². The molecule has 1 aliphatic carbocycles. The Hall–Kier alpha value is -3.41. The second kappa shape index (κ2) is 8.26. The smallest absolute Gasteiger partial charge is 0.215 e. The molecule has 0 radical (unpaired) electrons. The summed E-state index contributed by atoms with van der Waals surface area (Å²) in [6.45, 7) is 8.38. The first-order chi connectivity index (χ1) is 15.5. The summed E-state index contributed by atoms with van der Waals surface area (Å²) < 4.78 is 8.39. The zero-order chi connectivity index (χ0) is 22.2. The van der Waals surface area contributed by atoms with Gasteiger partial charge in [-0.3, -0.25) is 9.55 Å². The van der Waals surface area contributed by atoms with E-state index < -0.39 is 0 Å². The minimum atomic E-state index is -0.0459. The number of rotatable bonds is 5. The fourth-order valence-electron chi connectivity index (χ4n) is 4.57. The number of likely N-dealkylation sites (N-methyl/N-ethyl adjacent to an activating group) is 1. The molecule has 2 aliphatic rings. The minimum Gasteiger partial charge on any atom is -0.474 e.